The van der Waals surface area contributed by atoms with Crippen molar-refractivity contribution in [1.29, 1.82) is 0 Å². The van der Waals surface area contributed by atoms with E-state index in [2.05, 4.69) is 17.4 Å². The fourth-order valence-electron chi connectivity index (χ4n) is 2.52. The Bertz CT molecular complexity index is 710. The Morgan fingerprint density at radius 3 is 2.48 bits per heavy atom. The second-order valence-electron chi connectivity index (χ2n) is 5.88. The smallest absolute Gasteiger partial charge is 0.244 e. The van der Waals surface area contributed by atoms with Crippen LogP contribution in [0.1, 0.15) is 24.5 Å². The zero-order chi connectivity index (χ0) is 18.1. The molecule has 0 radical (unpaired) electrons. The van der Waals surface area contributed by atoms with Crippen molar-refractivity contribution < 1.29 is 14.3 Å². The zero-order valence-corrected chi connectivity index (χ0v) is 15.0. The lowest BCUT2D eigenvalue weighted by atomic mass is 10.1. The highest BCUT2D eigenvalue weighted by atomic mass is 16.5. The average Bonchev–Trinajstić information content (AvgIpc) is 2.65. The summed E-state index contributed by atoms with van der Waals surface area (Å²) in [6.45, 7) is 2.02. The Kier molecular flexibility index (Phi) is 7.08. The topological polar surface area (TPSA) is 47.6 Å². The van der Waals surface area contributed by atoms with Crippen LogP contribution in [0.15, 0.2) is 54.6 Å². The number of aryl methyl sites for hydroxylation is 1. The van der Waals surface area contributed by atoms with Crippen molar-refractivity contribution in [2.24, 2.45) is 0 Å². The van der Waals surface area contributed by atoms with Gasteiger partial charge in [0.2, 0.25) is 5.91 Å². The minimum Gasteiger partial charge on any atom is -0.493 e. The zero-order valence-electron chi connectivity index (χ0n) is 15.0. The fourth-order valence-corrected chi connectivity index (χ4v) is 2.52. The van der Waals surface area contributed by atoms with Crippen LogP contribution < -0.4 is 14.8 Å². The Balaban J connectivity index is 1.85. The molecule has 1 atom stereocenters. The first kappa shape index (κ1) is 18.6. The van der Waals surface area contributed by atoms with Crippen LogP contribution in [0.25, 0.3) is 6.08 Å². The number of rotatable bonds is 8. The number of nitrogens with one attached hydrogen (secondary N) is 1. The Morgan fingerprint density at radius 1 is 1.08 bits per heavy atom. The van der Waals surface area contributed by atoms with Gasteiger partial charge in [0.1, 0.15) is 0 Å². The second kappa shape index (κ2) is 9.52. The molecule has 0 saturated heterocycles. The van der Waals surface area contributed by atoms with Crippen LogP contribution in [0.3, 0.4) is 0 Å². The van der Waals surface area contributed by atoms with E-state index >= 15 is 0 Å². The molecule has 2 aromatic rings. The van der Waals surface area contributed by atoms with Crippen LogP contribution in [0.5, 0.6) is 11.5 Å². The maximum atomic E-state index is 12.1. The minimum atomic E-state index is -0.102. The summed E-state index contributed by atoms with van der Waals surface area (Å²) in [7, 11) is 3.18. The molecule has 1 unspecified atom stereocenters. The molecule has 0 aliphatic carbocycles. The number of carbonyl (C=O) groups excluding carboxylic acids is 1. The number of hydrogen-bond donors (Lipinski definition) is 1. The van der Waals surface area contributed by atoms with Crippen molar-refractivity contribution in [2.45, 2.75) is 25.8 Å². The highest BCUT2D eigenvalue weighted by Crippen LogP contribution is 2.27. The summed E-state index contributed by atoms with van der Waals surface area (Å²) in [5.74, 6) is 1.20. The summed E-state index contributed by atoms with van der Waals surface area (Å²) in [5, 5.41) is 2.99. The summed E-state index contributed by atoms with van der Waals surface area (Å²) in [6, 6.07) is 15.9. The average molecular weight is 339 g/mol. The van der Waals surface area contributed by atoms with Crippen molar-refractivity contribution >= 4 is 12.0 Å². The maximum absolute atomic E-state index is 12.1. The van der Waals surface area contributed by atoms with Gasteiger partial charge >= 0.3 is 0 Å². The molecule has 4 nitrogen and oxygen atoms in total. The third kappa shape index (κ3) is 5.99. The molecular formula is C21H25NO3. The predicted octanol–water partition coefficient (Wildman–Crippen LogP) is 3.85. The van der Waals surface area contributed by atoms with Gasteiger partial charge in [-0.2, -0.15) is 0 Å². The van der Waals surface area contributed by atoms with E-state index in [-0.39, 0.29) is 11.9 Å². The molecule has 25 heavy (non-hydrogen) atoms. The standard InChI is InChI=1S/C21H25NO3/c1-16(9-10-17-7-5-4-6-8-17)22-21(23)14-12-18-11-13-19(24-2)20(15-18)25-3/h4-8,11-16H,9-10H2,1-3H3,(H,22,23)/b14-12+. The summed E-state index contributed by atoms with van der Waals surface area (Å²) in [5.41, 5.74) is 2.16. The number of ether oxygens (including phenoxy) is 2. The highest BCUT2D eigenvalue weighted by molar-refractivity contribution is 5.92. The first-order valence-corrected chi connectivity index (χ1v) is 8.37. The molecule has 0 heterocycles. The molecule has 0 saturated carbocycles. The molecule has 0 aromatic heterocycles. The number of amides is 1. The van der Waals surface area contributed by atoms with Crippen molar-refractivity contribution in [3.8, 4) is 11.5 Å². The molecule has 0 spiro atoms. The normalized spacial score (nSPS) is 12.0. The van der Waals surface area contributed by atoms with E-state index in [9.17, 15) is 4.79 Å². The van der Waals surface area contributed by atoms with Gasteiger partial charge < -0.3 is 14.8 Å². The van der Waals surface area contributed by atoms with Crippen LogP contribution in [0, 0.1) is 0 Å². The van der Waals surface area contributed by atoms with Gasteiger partial charge in [0.05, 0.1) is 14.2 Å². The van der Waals surface area contributed by atoms with Gasteiger partial charge in [-0.3, -0.25) is 4.79 Å². The number of hydrogen-bond acceptors (Lipinski definition) is 3. The van der Waals surface area contributed by atoms with Crippen molar-refractivity contribution in [3.63, 3.8) is 0 Å². The summed E-state index contributed by atoms with van der Waals surface area (Å²) in [6.07, 6.45) is 5.16. The quantitative estimate of drug-likeness (QED) is 0.743. The van der Waals surface area contributed by atoms with Crippen LogP contribution in [0.2, 0.25) is 0 Å². The van der Waals surface area contributed by atoms with E-state index in [1.54, 1.807) is 26.4 Å². The van der Waals surface area contributed by atoms with Gasteiger partial charge in [0.25, 0.3) is 0 Å². The molecule has 2 rings (SSSR count). The van der Waals surface area contributed by atoms with E-state index in [1.165, 1.54) is 5.56 Å². The van der Waals surface area contributed by atoms with Crippen molar-refractivity contribution in [2.75, 3.05) is 14.2 Å². The Morgan fingerprint density at radius 2 is 1.80 bits per heavy atom. The maximum Gasteiger partial charge on any atom is 0.244 e. The first-order valence-electron chi connectivity index (χ1n) is 8.37. The number of methoxy groups -OCH3 is 2. The lowest BCUT2D eigenvalue weighted by molar-refractivity contribution is -0.117. The molecular weight excluding hydrogens is 314 g/mol. The van der Waals surface area contributed by atoms with Crippen molar-refractivity contribution in [3.05, 3.63) is 65.7 Å². The minimum absolute atomic E-state index is 0.102. The first-order chi connectivity index (χ1) is 12.1. The lowest BCUT2D eigenvalue weighted by Gasteiger charge is -2.12. The van der Waals surface area contributed by atoms with Gasteiger partial charge in [-0.05, 0) is 49.1 Å². The van der Waals surface area contributed by atoms with E-state index < -0.39 is 0 Å². The van der Waals surface area contributed by atoms with E-state index in [0.29, 0.717) is 11.5 Å². The largest absolute Gasteiger partial charge is 0.493 e. The molecule has 0 bridgehead atoms. The molecule has 132 valence electrons. The van der Waals surface area contributed by atoms with Gasteiger partial charge in [0, 0.05) is 12.1 Å². The summed E-state index contributed by atoms with van der Waals surface area (Å²) in [4.78, 5) is 12.1. The number of benzene rings is 2. The molecule has 1 N–H and O–H groups in total. The lowest BCUT2D eigenvalue weighted by Crippen LogP contribution is -2.31. The van der Waals surface area contributed by atoms with Gasteiger partial charge in [-0.25, -0.2) is 0 Å². The van der Waals surface area contributed by atoms with Crippen molar-refractivity contribution in [1.82, 2.24) is 5.32 Å². The SMILES string of the molecule is COc1ccc(/C=C/C(=O)NC(C)CCc2ccccc2)cc1OC. The highest BCUT2D eigenvalue weighted by Gasteiger charge is 2.06. The summed E-state index contributed by atoms with van der Waals surface area (Å²) >= 11 is 0. The molecule has 0 fully saturated rings. The van der Waals surface area contributed by atoms with Crippen LogP contribution in [-0.2, 0) is 11.2 Å². The van der Waals surface area contributed by atoms with Gasteiger partial charge in [-0.1, -0.05) is 36.4 Å². The molecule has 1 amide bonds. The number of carbonyl (C=O) groups is 1. The Hall–Kier alpha value is -2.75. The van der Waals surface area contributed by atoms with E-state index in [0.717, 1.165) is 18.4 Å². The Labute approximate surface area is 149 Å². The second-order valence-corrected chi connectivity index (χ2v) is 5.88. The van der Waals surface area contributed by atoms with Crippen LogP contribution in [-0.4, -0.2) is 26.2 Å². The monoisotopic (exact) mass is 339 g/mol. The van der Waals surface area contributed by atoms with Crippen LogP contribution in [0.4, 0.5) is 0 Å². The third-order valence-electron chi connectivity index (χ3n) is 3.93. The third-order valence-corrected chi connectivity index (χ3v) is 3.93. The predicted molar refractivity (Wildman–Crippen MR) is 101 cm³/mol. The molecule has 4 heteroatoms. The van der Waals surface area contributed by atoms with Gasteiger partial charge in [-0.15, -0.1) is 0 Å². The van der Waals surface area contributed by atoms with E-state index in [1.807, 2.05) is 43.3 Å². The fraction of sp³-hybridized carbons (Fsp3) is 0.286. The molecule has 2 aromatic carbocycles. The van der Waals surface area contributed by atoms with Crippen LogP contribution >= 0.6 is 0 Å². The molecule has 0 aliphatic heterocycles. The van der Waals surface area contributed by atoms with E-state index in [4.69, 9.17) is 9.47 Å². The molecule has 0 aliphatic rings. The van der Waals surface area contributed by atoms with Gasteiger partial charge in [0.15, 0.2) is 11.5 Å². The summed E-state index contributed by atoms with van der Waals surface area (Å²) < 4.78 is 10.5.